The van der Waals surface area contributed by atoms with Crippen molar-refractivity contribution in [3.63, 3.8) is 0 Å². The lowest BCUT2D eigenvalue weighted by Gasteiger charge is -2.20. The lowest BCUT2D eigenvalue weighted by Crippen LogP contribution is -2.28. The minimum Gasteiger partial charge on any atom is -0.349 e. The SMILES string of the molecule is C[C@H](NC(=O)CSCc1ccc(Cl)cc1Cl)c1ccc(C(C)(C)C)cc1. The van der Waals surface area contributed by atoms with Crippen LogP contribution >= 0.6 is 35.0 Å². The highest BCUT2D eigenvalue weighted by molar-refractivity contribution is 7.99. The zero-order chi connectivity index (χ0) is 19.3. The summed E-state index contributed by atoms with van der Waals surface area (Å²) in [5.41, 5.74) is 3.51. The summed E-state index contributed by atoms with van der Waals surface area (Å²) in [6, 6.07) is 13.9. The van der Waals surface area contributed by atoms with Crippen LogP contribution in [-0.2, 0) is 16.0 Å². The molecule has 5 heteroatoms. The molecule has 1 amide bonds. The summed E-state index contributed by atoms with van der Waals surface area (Å²) in [6.07, 6.45) is 0. The van der Waals surface area contributed by atoms with Crippen molar-refractivity contribution in [2.45, 2.75) is 44.9 Å². The maximum atomic E-state index is 12.2. The fourth-order valence-corrected chi connectivity index (χ4v) is 3.93. The van der Waals surface area contributed by atoms with Gasteiger partial charge < -0.3 is 5.32 Å². The number of halogens is 2. The number of hydrogen-bond acceptors (Lipinski definition) is 2. The second-order valence-corrected chi connectivity index (χ2v) is 9.22. The van der Waals surface area contributed by atoms with Gasteiger partial charge in [-0.2, -0.15) is 0 Å². The zero-order valence-corrected chi connectivity index (χ0v) is 17.9. The van der Waals surface area contributed by atoms with Gasteiger partial charge in [0.25, 0.3) is 0 Å². The minimum atomic E-state index is -0.0174. The van der Waals surface area contributed by atoms with Crippen molar-refractivity contribution in [2.24, 2.45) is 0 Å². The molecule has 140 valence electrons. The van der Waals surface area contributed by atoms with E-state index in [2.05, 4.69) is 50.4 Å². The quantitative estimate of drug-likeness (QED) is 0.597. The number of carbonyl (C=O) groups is 1. The van der Waals surface area contributed by atoms with E-state index in [1.165, 1.54) is 17.3 Å². The molecule has 0 radical (unpaired) electrons. The second kappa shape index (κ2) is 9.16. The molecule has 1 N–H and O–H groups in total. The first kappa shape index (κ1) is 21.1. The van der Waals surface area contributed by atoms with Crippen LogP contribution in [0.1, 0.15) is 50.4 Å². The van der Waals surface area contributed by atoms with Crippen LogP contribution in [-0.4, -0.2) is 11.7 Å². The third-order valence-corrected chi connectivity index (χ3v) is 5.73. The molecule has 0 aliphatic heterocycles. The Kier molecular flexibility index (Phi) is 7.45. The Morgan fingerprint density at radius 2 is 1.77 bits per heavy atom. The third-order valence-electron chi connectivity index (χ3n) is 4.16. The van der Waals surface area contributed by atoms with E-state index in [0.29, 0.717) is 21.6 Å². The highest BCUT2D eigenvalue weighted by Crippen LogP contribution is 2.25. The Balaban J connectivity index is 1.83. The highest BCUT2D eigenvalue weighted by atomic mass is 35.5. The molecule has 2 rings (SSSR count). The van der Waals surface area contributed by atoms with Crippen LogP contribution in [0.2, 0.25) is 10.0 Å². The fraction of sp³-hybridized carbons (Fsp3) is 0.381. The largest absolute Gasteiger partial charge is 0.349 e. The minimum absolute atomic E-state index is 0.0174. The van der Waals surface area contributed by atoms with Gasteiger partial charge in [0, 0.05) is 15.8 Å². The van der Waals surface area contributed by atoms with Crippen molar-refractivity contribution in [1.82, 2.24) is 5.32 Å². The number of thioether (sulfide) groups is 1. The van der Waals surface area contributed by atoms with Gasteiger partial charge in [-0.3, -0.25) is 4.79 Å². The molecule has 0 unspecified atom stereocenters. The first-order valence-electron chi connectivity index (χ1n) is 8.58. The average molecular weight is 410 g/mol. The monoisotopic (exact) mass is 409 g/mol. The van der Waals surface area contributed by atoms with E-state index in [1.54, 1.807) is 6.07 Å². The van der Waals surface area contributed by atoms with Crippen molar-refractivity contribution in [3.8, 4) is 0 Å². The van der Waals surface area contributed by atoms with Crippen LogP contribution in [0.4, 0.5) is 0 Å². The van der Waals surface area contributed by atoms with Crippen LogP contribution in [0, 0.1) is 0 Å². The van der Waals surface area contributed by atoms with Crippen LogP contribution in [0.5, 0.6) is 0 Å². The van der Waals surface area contributed by atoms with Gasteiger partial charge in [-0.05, 0) is 41.2 Å². The van der Waals surface area contributed by atoms with E-state index in [4.69, 9.17) is 23.2 Å². The van der Waals surface area contributed by atoms with Gasteiger partial charge in [0.15, 0.2) is 0 Å². The molecule has 0 saturated carbocycles. The van der Waals surface area contributed by atoms with Gasteiger partial charge in [0.2, 0.25) is 5.91 Å². The van der Waals surface area contributed by atoms with Gasteiger partial charge in [-0.15, -0.1) is 11.8 Å². The van der Waals surface area contributed by atoms with E-state index < -0.39 is 0 Å². The molecule has 0 spiro atoms. The number of nitrogens with one attached hydrogen (secondary N) is 1. The Labute approximate surface area is 170 Å². The summed E-state index contributed by atoms with van der Waals surface area (Å²) >= 11 is 13.6. The van der Waals surface area contributed by atoms with E-state index in [-0.39, 0.29) is 17.4 Å². The van der Waals surface area contributed by atoms with Crippen molar-refractivity contribution < 1.29 is 4.79 Å². The summed E-state index contributed by atoms with van der Waals surface area (Å²) in [5.74, 6) is 1.09. The van der Waals surface area contributed by atoms with Crippen molar-refractivity contribution in [1.29, 1.82) is 0 Å². The predicted octanol–water partition coefficient (Wildman–Crippen LogP) is 6.40. The zero-order valence-electron chi connectivity index (χ0n) is 15.6. The Hall–Kier alpha value is -1.16. The maximum absolute atomic E-state index is 12.2. The molecular formula is C21H25Cl2NOS. The van der Waals surface area contributed by atoms with Crippen molar-refractivity contribution in [3.05, 3.63) is 69.2 Å². The molecule has 0 heterocycles. The number of amides is 1. The number of hydrogen-bond donors (Lipinski definition) is 1. The molecule has 2 aromatic carbocycles. The van der Waals surface area contributed by atoms with E-state index in [0.717, 1.165) is 11.1 Å². The summed E-state index contributed by atoms with van der Waals surface area (Å²) in [7, 11) is 0. The number of carbonyl (C=O) groups excluding carboxylic acids is 1. The normalized spacial score (nSPS) is 12.7. The van der Waals surface area contributed by atoms with Gasteiger partial charge in [-0.1, -0.05) is 74.3 Å². The first-order valence-corrected chi connectivity index (χ1v) is 10.5. The van der Waals surface area contributed by atoms with E-state index >= 15 is 0 Å². The maximum Gasteiger partial charge on any atom is 0.230 e. The van der Waals surface area contributed by atoms with Crippen LogP contribution in [0.15, 0.2) is 42.5 Å². The van der Waals surface area contributed by atoms with E-state index in [9.17, 15) is 4.79 Å². The summed E-state index contributed by atoms with van der Waals surface area (Å²) in [5, 5.41) is 4.31. The van der Waals surface area contributed by atoms with Gasteiger partial charge in [-0.25, -0.2) is 0 Å². The predicted molar refractivity (Wildman–Crippen MR) is 114 cm³/mol. The smallest absolute Gasteiger partial charge is 0.230 e. The Morgan fingerprint density at radius 1 is 1.12 bits per heavy atom. The third kappa shape index (κ3) is 6.22. The lowest BCUT2D eigenvalue weighted by molar-refractivity contribution is -0.119. The molecule has 0 aliphatic carbocycles. The van der Waals surface area contributed by atoms with Crippen LogP contribution in [0.3, 0.4) is 0 Å². The molecule has 26 heavy (non-hydrogen) atoms. The van der Waals surface area contributed by atoms with Crippen LogP contribution in [0.25, 0.3) is 0 Å². The molecule has 2 aromatic rings. The molecule has 0 bridgehead atoms. The van der Waals surface area contributed by atoms with Gasteiger partial charge in [0.1, 0.15) is 0 Å². The molecule has 1 atom stereocenters. The lowest BCUT2D eigenvalue weighted by atomic mass is 9.86. The fourth-order valence-electron chi connectivity index (χ4n) is 2.53. The molecule has 0 saturated heterocycles. The topological polar surface area (TPSA) is 29.1 Å². The Bertz CT molecular complexity index is 754. The first-order chi connectivity index (χ1) is 12.2. The van der Waals surface area contributed by atoms with Crippen molar-refractivity contribution in [2.75, 3.05) is 5.75 Å². The van der Waals surface area contributed by atoms with Crippen molar-refractivity contribution >= 4 is 40.9 Å². The molecule has 0 aliphatic rings. The second-order valence-electron chi connectivity index (χ2n) is 7.39. The molecule has 0 aromatic heterocycles. The number of rotatable bonds is 6. The molecular weight excluding hydrogens is 385 g/mol. The summed E-state index contributed by atoms with van der Waals surface area (Å²) in [6.45, 7) is 8.58. The van der Waals surface area contributed by atoms with E-state index in [1.807, 2.05) is 19.1 Å². The molecule has 2 nitrogen and oxygen atoms in total. The highest BCUT2D eigenvalue weighted by Gasteiger charge is 2.15. The number of benzene rings is 2. The average Bonchev–Trinajstić information content (AvgIpc) is 2.56. The summed E-state index contributed by atoms with van der Waals surface area (Å²) < 4.78 is 0. The summed E-state index contributed by atoms with van der Waals surface area (Å²) in [4.78, 5) is 12.2. The van der Waals surface area contributed by atoms with Gasteiger partial charge >= 0.3 is 0 Å². The standard InChI is InChI=1S/C21H25Cl2NOS/c1-14(15-5-8-17(9-6-15)21(2,3)4)24-20(25)13-26-12-16-7-10-18(22)11-19(16)23/h5-11,14H,12-13H2,1-4H3,(H,24,25)/t14-/m0/s1. The van der Waals surface area contributed by atoms with Gasteiger partial charge in [0.05, 0.1) is 11.8 Å². The Morgan fingerprint density at radius 3 is 2.35 bits per heavy atom. The molecule has 0 fully saturated rings. The van der Waals surface area contributed by atoms with Crippen LogP contribution < -0.4 is 5.32 Å².